The molecule has 1 amide bonds. The van der Waals surface area contributed by atoms with E-state index in [1.165, 1.54) is 19.3 Å². The topological polar surface area (TPSA) is 52.5 Å². The van der Waals surface area contributed by atoms with E-state index in [1.807, 2.05) is 32.0 Å². The summed E-state index contributed by atoms with van der Waals surface area (Å²) in [6, 6.07) is 6.15. The van der Waals surface area contributed by atoms with Gasteiger partial charge in [0.05, 0.1) is 24.8 Å². The molecule has 1 aromatic carbocycles. The molecular formula is C25H36N2O3. The Labute approximate surface area is 180 Å². The van der Waals surface area contributed by atoms with Crippen molar-refractivity contribution in [2.45, 2.75) is 66.5 Å². The third kappa shape index (κ3) is 3.13. The zero-order chi connectivity index (χ0) is 21.7. The smallest absolute Gasteiger partial charge is 0.253 e. The van der Waals surface area contributed by atoms with Gasteiger partial charge < -0.3 is 19.4 Å². The van der Waals surface area contributed by atoms with Crippen molar-refractivity contribution in [2.75, 3.05) is 20.3 Å². The van der Waals surface area contributed by atoms with Crippen molar-refractivity contribution in [3.8, 4) is 5.75 Å². The van der Waals surface area contributed by atoms with Crippen molar-refractivity contribution in [1.82, 2.24) is 9.88 Å². The summed E-state index contributed by atoms with van der Waals surface area (Å²) in [7, 11) is 1.68. The molecule has 1 aromatic heterocycles. The van der Waals surface area contributed by atoms with Crippen LogP contribution in [0.2, 0.25) is 0 Å². The fraction of sp³-hybridized carbons (Fsp3) is 0.640. The molecule has 0 aliphatic heterocycles. The second-order valence-electron chi connectivity index (χ2n) is 9.99. The molecule has 2 saturated carbocycles. The highest BCUT2D eigenvalue weighted by Gasteiger charge is 2.59. The Morgan fingerprint density at radius 1 is 1.30 bits per heavy atom. The number of nitrogens with zero attached hydrogens (tertiary/aromatic N) is 1. The molecule has 4 rings (SSSR count). The van der Waals surface area contributed by atoms with Gasteiger partial charge in [-0.3, -0.25) is 4.79 Å². The molecule has 5 heteroatoms. The molecule has 0 saturated heterocycles. The van der Waals surface area contributed by atoms with Crippen LogP contribution in [-0.4, -0.2) is 36.8 Å². The standard InChI is InChI=1S/C25H36N2O3/c1-7-30-14-13-27-16(2)20(18-9-8-10-19(29-6)21(18)27)22(28)26-23-24(3,4)17-11-12-25(23,5)15-17/h8-10,17,23H,7,11-15H2,1-6H3,(H,26,28)/t17?,23-,25+/m1/s1. The van der Waals surface area contributed by atoms with Crippen LogP contribution < -0.4 is 10.1 Å². The van der Waals surface area contributed by atoms with E-state index in [-0.39, 0.29) is 22.8 Å². The Kier molecular flexibility index (Phi) is 5.38. The van der Waals surface area contributed by atoms with Gasteiger partial charge in [-0.25, -0.2) is 0 Å². The van der Waals surface area contributed by atoms with E-state index in [0.717, 1.165) is 27.9 Å². The lowest BCUT2D eigenvalue weighted by Gasteiger charge is -2.43. The van der Waals surface area contributed by atoms with Gasteiger partial charge in [0.25, 0.3) is 5.91 Å². The fourth-order valence-electron chi connectivity index (χ4n) is 6.40. The third-order valence-electron chi connectivity index (χ3n) is 7.96. The molecule has 1 N–H and O–H groups in total. The number of rotatable bonds is 7. The van der Waals surface area contributed by atoms with Crippen LogP contribution in [0.25, 0.3) is 10.9 Å². The van der Waals surface area contributed by atoms with Crippen LogP contribution >= 0.6 is 0 Å². The number of para-hydroxylation sites is 1. The number of ether oxygens (including phenoxy) is 2. The van der Waals surface area contributed by atoms with Crippen molar-refractivity contribution in [1.29, 1.82) is 0 Å². The molecular weight excluding hydrogens is 376 g/mol. The Bertz CT molecular complexity index is 956. The summed E-state index contributed by atoms with van der Waals surface area (Å²) < 4.78 is 13.4. The molecule has 1 unspecified atom stereocenters. The first kappa shape index (κ1) is 21.2. The van der Waals surface area contributed by atoms with Crippen LogP contribution in [0, 0.1) is 23.7 Å². The minimum Gasteiger partial charge on any atom is -0.495 e. The minimum absolute atomic E-state index is 0.0350. The van der Waals surface area contributed by atoms with Gasteiger partial charge in [-0.1, -0.05) is 32.9 Å². The van der Waals surface area contributed by atoms with Gasteiger partial charge in [0.2, 0.25) is 0 Å². The normalized spacial score (nSPS) is 27.0. The van der Waals surface area contributed by atoms with Gasteiger partial charge in [0, 0.05) is 30.3 Å². The number of hydrogen-bond acceptors (Lipinski definition) is 3. The molecule has 2 bridgehead atoms. The predicted octanol–water partition coefficient (Wildman–Crippen LogP) is 4.94. The maximum atomic E-state index is 13.7. The third-order valence-corrected chi connectivity index (χ3v) is 7.96. The van der Waals surface area contributed by atoms with Crippen LogP contribution in [0.1, 0.15) is 63.0 Å². The summed E-state index contributed by atoms with van der Waals surface area (Å²) in [5, 5.41) is 4.43. The molecule has 0 spiro atoms. The number of benzene rings is 1. The summed E-state index contributed by atoms with van der Waals surface area (Å²) in [5.74, 6) is 1.52. The number of hydrogen-bond donors (Lipinski definition) is 1. The monoisotopic (exact) mass is 412 g/mol. The Balaban J connectivity index is 1.73. The SMILES string of the molecule is CCOCCn1c(C)c(C(=O)N[C@@H]2C(C)(C)C3CC[C@@]2(C)C3)c2cccc(OC)c21. The summed E-state index contributed by atoms with van der Waals surface area (Å²) in [6.07, 6.45) is 3.70. The lowest BCUT2D eigenvalue weighted by molar-refractivity contribution is 0.0738. The van der Waals surface area contributed by atoms with Crippen molar-refractivity contribution in [2.24, 2.45) is 16.7 Å². The highest BCUT2D eigenvalue weighted by Crippen LogP contribution is 2.62. The Hall–Kier alpha value is -2.01. The second kappa shape index (κ2) is 7.60. The predicted molar refractivity (Wildman–Crippen MR) is 120 cm³/mol. The molecule has 5 nitrogen and oxygen atoms in total. The lowest BCUT2D eigenvalue weighted by atomic mass is 9.68. The minimum atomic E-state index is 0.0350. The molecule has 2 aliphatic carbocycles. The Morgan fingerprint density at radius 3 is 2.70 bits per heavy atom. The average Bonchev–Trinajstić information content (AvgIpc) is 3.30. The van der Waals surface area contributed by atoms with E-state index in [4.69, 9.17) is 9.47 Å². The number of carbonyl (C=O) groups is 1. The molecule has 2 fully saturated rings. The van der Waals surface area contributed by atoms with Gasteiger partial charge in [-0.15, -0.1) is 0 Å². The van der Waals surface area contributed by atoms with Crippen LogP contribution in [0.4, 0.5) is 0 Å². The van der Waals surface area contributed by atoms with Gasteiger partial charge in [-0.2, -0.15) is 0 Å². The second-order valence-corrected chi connectivity index (χ2v) is 9.99. The number of nitrogens with one attached hydrogen (secondary N) is 1. The fourth-order valence-corrected chi connectivity index (χ4v) is 6.40. The van der Waals surface area contributed by atoms with Gasteiger partial charge in [0.15, 0.2) is 0 Å². The van der Waals surface area contributed by atoms with Gasteiger partial charge in [0.1, 0.15) is 5.75 Å². The number of aromatic nitrogens is 1. The first-order valence-corrected chi connectivity index (χ1v) is 11.3. The molecule has 30 heavy (non-hydrogen) atoms. The first-order valence-electron chi connectivity index (χ1n) is 11.3. The van der Waals surface area contributed by atoms with Crippen molar-refractivity contribution in [3.05, 3.63) is 29.5 Å². The van der Waals surface area contributed by atoms with E-state index in [9.17, 15) is 4.79 Å². The number of amides is 1. The highest BCUT2D eigenvalue weighted by molar-refractivity contribution is 6.09. The molecule has 1 heterocycles. The summed E-state index contributed by atoms with van der Waals surface area (Å²) in [4.78, 5) is 13.7. The molecule has 2 aliphatic rings. The molecule has 164 valence electrons. The van der Waals surface area contributed by atoms with E-state index in [2.05, 4.69) is 30.7 Å². The summed E-state index contributed by atoms with van der Waals surface area (Å²) in [5.41, 5.74) is 3.03. The summed E-state index contributed by atoms with van der Waals surface area (Å²) >= 11 is 0. The zero-order valence-electron chi connectivity index (χ0n) is 19.3. The van der Waals surface area contributed by atoms with E-state index in [1.54, 1.807) is 7.11 Å². The van der Waals surface area contributed by atoms with E-state index >= 15 is 0 Å². The van der Waals surface area contributed by atoms with Gasteiger partial charge >= 0.3 is 0 Å². The highest BCUT2D eigenvalue weighted by atomic mass is 16.5. The van der Waals surface area contributed by atoms with Crippen LogP contribution in [0.15, 0.2) is 18.2 Å². The number of carbonyl (C=O) groups excluding carboxylic acids is 1. The van der Waals surface area contributed by atoms with Crippen molar-refractivity contribution < 1.29 is 14.3 Å². The van der Waals surface area contributed by atoms with Crippen LogP contribution in [0.5, 0.6) is 5.75 Å². The summed E-state index contributed by atoms with van der Waals surface area (Å²) in [6.45, 7) is 13.0. The van der Waals surface area contributed by atoms with Crippen LogP contribution in [-0.2, 0) is 11.3 Å². The van der Waals surface area contributed by atoms with E-state index < -0.39 is 0 Å². The lowest BCUT2D eigenvalue weighted by Crippen LogP contribution is -2.52. The van der Waals surface area contributed by atoms with Crippen LogP contribution in [0.3, 0.4) is 0 Å². The maximum absolute atomic E-state index is 13.7. The van der Waals surface area contributed by atoms with Crippen molar-refractivity contribution >= 4 is 16.8 Å². The first-order chi connectivity index (χ1) is 14.2. The van der Waals surface area contributed by atoms with Gasteiger partial charge in [-0.05, 0) is 55.9 Å². The van der Waals surface area contributed by atoms with E-state index in [0.29, 0.717) is 25.7 Å². The molecule has 0 radical (unpaired) electrons. The average molecular weight is 413 g/mol. The number of fused-ring (bicyclic) bond motifs is 3. The quantitative estimate of drug-likeness (QED) is 0.656. The number of methoxy groups -OCH3 is 1. The van der Waals surface area contributed by atoms with Crippen molar-refractivity contribution in [3.63, 3.8) is 0 Å². The molecule has 3 atom stereocenters. The molecule has 2 aromatic rings. The Morgan fingerprint density at radius 2 is 2.07 bits per heavy atom. The maximum Gasteiger partial charge on any atom is 0.253 e. The zero-order valence-corrected chi connectivity index (χ0v) is 19.3. The largest absolute Gasteiger partial charge is 0.495 e.